The first-order valence-corrected chi connectivity index (χ1v) is 10.6. The summed E-state index contributed by atoms with van der Waals surface area (Å²) in [5.74, 6) is 5.55. The summed E-state index contributed by atoms with van der Waals surface area (Å²) in [6, 6.07) is 5.01. The van der Waals surface area contributed by atoms with Crippen LogP contribution in [0.3, 0.4) is 0 Å². The van der Waals surface area contributed by atoms with Crippen molar-refractivity contribution in [2.24, 2.45) is 0 Å². The highest BCUT2D eigenvalue weighted by Gasteiger charge is 2.31. The molecule has 2 N–H and O–H groups in total. The number of anilines is 2. The maximum atomic E-state index is 12.3. The number of nitrogens with zero attached hydrogens (tertiary/aromatic N) is 2. The quantitative estimate of drug-likeness (QED) is 0.331. The zero-order valence-corrected chi connectivity index (χ0v) is 18.7. The molecule has 1 saturated heterocycles. The summed E-state index contributed by atoms with van der Waals surface area (Å²) in [6.45, 7) is 3.26. The van der Waals surface area contributed by atoms with Gasteiger partial charge in [-0.25, -0.2) is 0 Å². The Balaban J connectivity index is 2.25. The van der Waals surface area contributed by atoms with Crippen LogP contribution in [0.2, 0.25) is 0 Å². The summed E-state index contributed by atoms with van der Waals surface area (Å²) in [5, 5.41) is 5.50. The van der Waals surface area contributed by atoms with Crippen LogP contribution in [0.25, 0.3) is 0 Å². The minimum absolute atomic E-state index is 0.142. The molecule has 1 aromatic carbocycles. The van der Waals surface area contributed by atoms with E-state index < -0.39 is 6.04 Å². The van der Waals surface area contributed by atoms with E-state index in [9.17, 15) is 14.4 Å². The van der Waals surface area contributed by atoms with Crippen molar-refractivity contribution in [3.05, 3.63) is 23.8 Å². The number of carbonyl (C=O) groups is 3. The van der Waals surface area contributed by atoms with Gasteiger partial charge >= 0.3 is 0 Å². The second-order valence-corrected chi connectivity index (χ2v) is 7.50. The number of imide groups is 1. The maximum Gasteiger partial charge on any atom is 0.249 e. The standard InChI is InChI=1S/C23H32N4O4/c1-5-18(13-14-24-2)31-15-7-9-17-8-6-10-19(22(17)26(3)16-28)27(4)20-11-12-21(29)25-23(20)30/h6,8,10,16,18,20,24H,5,11-15H2,1-4H3,(H,25,29,30). The predicted molar refractivity (Wildman–Crippen MR) is 121 cm³/mol. The molecule has 0 radical (unpaired) electrons. The van der Waals surface area contributed by atoms with E-state index in [1.807, 2.05) is 25.2 Å². The summed E-state index contributed by atoms with van der Waals surface area (Å²) >= 11 is 0. The van der Waals surface area contributed by atoms with Gasteiger partial charge in [-0.15, -0.1) is 0 Å². The van der Waals surface area contributed by atoms with Crippen molar-refractivity contribution in [2.75, 3.05) is 44.1 Å². The van der Waals surface area contributed by atoms with Gasteiger partial charge in [-0.05, 0) is 45.0 Å². The van der Waals surface area contributed by atoms with Gasteiger partial charge in [0, 0.05) is 20.5 Å². The number of hydrogen-bond acceptors (Lipinski definition) is 6. The molecule has 0 bridgehead atoms. The van der Waals surface area contributed by atoms with Crippen LogP contribution in [0.15, 0.2) is 18.2 Å². The third-order valence-electron chi connectivity index (χ3n) is 5.37. The van der Waals surface area contributed by atoms with Crippen molar-refractivity contribution in [3.63, 3.8) is 0 Å². The van der Waals surface area contributed by atoms with E-state index >= 15 is 0 Å². The van der Waals surface area contributed by atoms with E-state index in [1.54, 1.807) is 19.0 Å². The molecule has 1 aliphatic heterocycles. The average Bonchev–Trinajstić information content (AvgIpc) is 2.77. The zero-order chi connectivity index (χ0) is 22.8. The van der Waals surface area contributed by atoms with Crippen LogP contribution in [-0.4, -0.2) is 64.7 Å². The first-order chi connectivity index (χ1) is 14.9. The molecular weight excluding hydrogens is 396 g/mol. The molecule has 0 aromatic heterocycles. The molecule has 8 nitrogen and oxygen atoms in total. The molecule has 2 rings (SSSR count). The van der Waals surface area contributed by atoms with Crippen LogP contribution in [0, 0.1) is 11.8 Å². The van der Waals surface area contributed by atoms with E-state index in [4.69, 9.17) is 4.74 Å². The normalized spacial score (nSPS) is 16.7. The van der Waals surface area contributed by atoms with Gasteiger partial charge in [-0.2, -0.15) is 0 Å². The van der Waals surface area contributed by atoms with Crippen molar-refractivity contribution >= 4 is 29.6 Å². The van der Waals surface area contributed by atoms with Crippen molar-refractivity contribution in [3.8, 4) is 11.8 Å². The Morgan fingerprint density at radius 3 is 2.77 bits per heavy atom. The largest absolute Gasteiger partial charge is 0.366 e. The summed E-state index contributed by atoms with van der Waals surface area (Å²) in [5.41, 5.74) is 1.97. The smallest absolute Gasteiger partial charge is 0.249 e. The number of piperidine rings is 1. The number of ether oxygens (including phenoxy) is 1. The maximum absolute atomic E-state index is 12.3. The minimum Gasteiger partial charge on any atom is -0.366 e. The van der Waals surface area contributed by atoms with E-state index in [2.05, 4.69) is 29.4 Å². The lowest BCUT2D eigenvalue weighted by Gasteiger charge is -2.33. The van der Waals surface area contributed by atoms with Gasteiger partial charge < -0.3 is 19.9 Å². The van der Waals surface area contributed by atoms with Crippen LogP contribution in [0.4, 0.5) is 11.4 Å². The number of nitrogens with one attached hydrogen (secondary N) is 2. The number of hydrogen-bond donors (Lipinski definition) is 2. The zero-order valence-electron chi connectivity index (χ0n) is 18.7. The van der Waals surface area contributed by atoms with E-state index in [-0.39, 0.29) is 24.3 Å². The highest BCUT2D eigenvalue weighted by atomic mass is 16.5. The third kappa shape index (κ3) is 6.54. The Kier molecular flexibility index (Phi) is 9.50. The lowest BCUT2D eigenvalue weighted by atomic mass is 10.0. The van der Waals surface area contributed by atoms with Crippen LogP contribution >= 0.6 is 0 Å². The van der Waals surface area contributed by atoms with Crippen molar-refractivity contribution < 1.29 is 19.1 Å². The summed E-state index contributed by atoms with van der Waals surface area (Å²) < 4.78 is 5.85. The van der Waals surface area contributed by atoms with Gasteiger partial charge in [0.25, 0.3) is 0 Å². The van der Waals surface area contributed by atoms with Crippen molar-refractivity contribution in [1.29, 1.82) is 0 Å². The molecular formula is C23H32N4O4. The van der Waals surface area contributed by atoms with Gasteiger partial charge in [0.2, 0.25) is 18.2 Å². The molecule has 0 spiro atoms. The molecule has 2 unspecified atom stereocenters. The highest BCUT2D eigenvalue weighted by Crippen LogP contribution is 2.33. The van der Waals surface area contributed by atoms with Crippen molar-refractivity contribution in [1.82, 2.24) is 10.6 Å². The SMILES string of the molecule is CCC(CCNC)OCC#Cc1cccc(N(C)C2CCC(=O)NC2=O)c1N(C)C=O. The highest BCUT2D eigenvalue weighted by molar-refractivity contribution is 6.02. The predicted octanol–water partition coefficient (Wildman–Crippen LogP) is 1.28. The van der Waals surface area contributed by atoms with Crippen molar-refractivity contribution in [2.45, 2.75) is 44.8 Å². The topological polar surface area (TPSA) is 91.0 Å². The summed E-state index contributed by atoms with van der Waals surface area (Å²) in [7, 11) is 5.35. The molecule has 168 valence electrons. The molecule has 8 heteroatoms. The van der Waals surface area contributed by atoms with Gasteiger partial charge in [0.15, 0.2) is 0 Å². The number of rotatable bonds is 10. The second-order valence-electron chi connectivity index (χ2n) is 7.50. The number of benzene rings is 1. The summed E-state index contributed by atoms with van der Waals surface area (Å²) in [4.78, 5) is 38.6. The average molecular weight is 429 g/mol. The van der Waals surface area contributed by atoms with Gasteiger partial charge in [0.1, 0.15) is 12.6 Å². The molecule has 1 heterocycles. The molecule has 1 aromatic rings. The Morgan fingerprint density at radius 2 is 2.13 bits per heavy atom. The fourth-order valence-electron chi connectivity index (χ4n) is 3.56. The summed E-state index contributed by atoms with van der Waals surface area (Å²) in [6.07, 6.45) is 3.38. The third-order valence-corrected chi connectivity index (χ3v) is 5.37. The Morgan fingerprint density at radius 1 is 1.35 bits per heavy atom. The number of carbonyl (C=O) groups excluding carboxylic acids is 3. The second kappa shape index (κ2) is 12.1. The number of likely N-dealkylation sites (N-methyl/N-ethyl adjacent to an activating group) is 1. The Hall–Kier alpha value is -2.89. The van der Waals surface area contributed by atoms with E-state index in [0.29, 0.717) is 36.4 Å². The van der Waals surface area contributed by atoms with Crippen LogP contribution in [0.5, 0.6) is 0 Å². The molecule has 2 atom stereocenters. The van der Waals surface area contributed by atoms with Gasteiger partial charge in [-0.3, -0.25) is 19.7 Å². The molecule has 0 aliphatic carbocycles. The number of amides is 3. The van der Waals surface area contributed by atoms with Gasteiger partial charge in [0.05, 0.1) is 23.0 Å². The Labute approximate surface area is 184 Å². The van der Waals surface area contributed by atoms with Crippen LogP contribution in [-0.2, 0) is 19.1 Å². The lowest BCUT2D eigenvalue weighted by Crippen LogP contribution is -2.51. The number of para-hydroxylation sites is 1. The molecule has 31 heavy (non-hydrogen) atoms. The molecule has 1 fully saturated rings. The fraction of sp³-hybridized carbons (Fsp3) is 0.522. The monoisotopic (exact) mass is 428 g/mol. The van der Waals surface area contributed by atoms with E-state index in [0.717, 1.165) is 19.4 Å². The first-order valence-electron chi connectivity index (χ1n) is 10.6. The van der Waals surface area contributed by atoms with Gasteiger partial charge in [-0.1, -0.05) is 24.8 Å². The molecule has 1 aliphatic rings. The van der Waals surface area contributed by atoms with E-state index in [1.165, 1.54) is 4.90 Å². The lowest BCUT2D eigenvalue weighted by molar-refractivity contribution is -0.134. The molecule has 3 amide bonds. The fourth-order valence-corrected chi connectivity index (χ4v) is 3.56. The first kappa shape index (κ1) is 24.4. The van der Waals surface area contributed by atoms with Crippen LogP contribution in [0.1, 0.15) is 38.2 Å². The Bertz CT molecular complexity index is 846. The van der Waals surface area contributed by atoms with Crippen LogP contribution < -0.4 is 20.4 Å². The minimum atomic E-state index is -0.500. The molecule has 0 saturated carbocycles.